The molecule has 0 aromatic carbocycles. The number of urea groups is 1. The number of carbonyl (C=O) groups is 2. The Morgan fingerprint density at radius 1 is 1.14 bits per heavy atom. The Morgan fingerprint density at radius 2 is 1.71 bits per heavy atom. The molecule has 0 heterocycles. The van der Waals surface area contributed by atoms with Crippen LogP contribution >= 0.6 is 0 Å². The highest BCUT2D eigenvalue weighted by molar-refractivity contribution is 5.82. The molecule has 3 N–H and O–H groups in total. The van der Waals surface area contributed by atoms with Gasteiger partial charge in [-0.15, -0.1) is 0 Å². The number of rotatable bonds is 7. The van der Waals surface area contributed by atoms with Crippen molar-refractivity contribution in [1.29, 1.82) is 0 Å². The molecule has 1 saturated carbocycles. The van der Waals surface area contributed by atoms with Crippen LogP contribution in [0.2, 0.25) is 0 Å². The fourth-order valence-corrected chi connectivity index (χ4v) is 3.42. The molecule has 122 valence electrons. The zero-order chi connectivity index (χ0) is 16.0. The molecule has 5 nitrogen and oxygen atoms in total. The summed E-state index contributed by atoms with van der Waals surface area (Å²) in [5, 5.41) is 14.6. The number of carboxylic acid groups (broad SMARTS) is 1. The van der Waals surface area contributed by atoms with Crippen LogP contribution in [-0.2, 0) is 4.79 Å². The summed E-state index contributed by atoms with van der Waals surface area (Å²) in [7, 11) is 0. The smallest absolute Gasteiger partial charge is 0.326 e. The summed E-state index contributed by atoms with van der Waals surface area (Å²) in [6.07, 6.45) is 5.86. The van der Waals surface area contributed by atoms with Crippen molar-refractivity contribution in [2.45, 2.75) is 65.8 Å². The number of aliphatic carboxylic acids is 1. The van der Waals surface area contributed by atoms with E-state index in [1.165, 1.54) is 12.8 Å². The van der Waals surface area contributed by atoms with Crippen molar-refractivity contribution in [3.05, 3.63) is 0 Å². The Labute approximate surface area is 127 Å². The molecule has 21 heavy (non-hydrogen) atoms. The molecule has 1 aliphatic carbocycles. The van der Waals surface area contributed by atoms with Gasteiger partial charge in [-0.2, -0.15) is 0 Å². The first-order valence-electron chi connectivity index (χ1n) is 8.03. The quantitative estimate of drug-likeness (QED) is 0.676. The summed E-state index contributed by atoms with van der Waals surface area (Å²) in [5.74, 6) is -0.516. The zero-order valence-electron chi connectivity index (χ0n) is 13.7. The average molecular weight is 298 g/mol. The summed E-state index contributed by atoms with van der Waals surface area (Å²) in [6.45, 7) is 8.63. The van der Waals surface area contributed by atoms with E-state index in [1.807, 2.05) is 0 Å². The molecule has 0 bridgehead atoms. The number of carbonyl (C=O) groups excluding carboxylic acids is 1. The van der Waals surface area contributed by atoms with Crippen molar-refractivity contribution >= 4 is 12.0 Å². The molecule has 1 fully saturated rings. The summed E-state index contributed by atoms with van der Waals surface area (Å²) < 4.78 is 0. The van der Waals surface area contributed by atoms with Gasteiger partial charge in [-0.05, 0) is 36.5 Å². The number of nitrogens with one attached hydrogen (secondary N) is 2. The largest absolute Gasteiger partial charge is 0.480 e. The van der Waals surface area contributed by atoms with Gasteiger partial charge >= 0.3 is 12.0 Å². The lowest BCUT2D eigenvalue weighted by Crippen LogP contribution is -2.50. The first-order chi connectivity index (χ1) is 9.76. The van der Waals surface area contributed by atoms with E-state index < -0.39 is 12.0 Å². The second-order valence-electron chi connectivity index (χ2n) is 7.19. The molecule has 0 radical (unpaired) electrons. The van der Waals surface area contributed by atoms with Crippen LogP contribution in [0, 0.1) is 17.3 Å². The van der Waals surface area contributed by atoms with Crippen LogP contribution < -0.4 is 10.6 Å². The van der Waals surface area contributed by atoms with E-state index in [2.05, 4.69) is 24.5 Å². The predicted octanol–water partition coefficient (Wildman–Crippen LogP) is 3.00. The maximum Gasteiger partial charge on any atom is 0.326 e. The third-order valence-electron chi connectivity index (χ3n) is 4.35. The van der Waals surface area contributed by atoms with E-state index in [9.17, 15) is 9.59 Å². The van der Waals surface area contributed by atoms with Crippen LogP contribution in [0.1, 0.15) is 59.8 Å². The molecular weight excluding hydrogens is 268 g/mol. The Morgan fingerprint density at radius 3 is 2.14 bits per heavy atom. The lowest BCUT2D eigenvalue weighted by Gasteiger charge is -2.31. The normalized spacial score (nSPS) is 18.8. The highest BCUT2D eigenvalue weighted by Crippen LogP contribution is 2.42. The van der Waals surface area contributed by atoms with Gasteiger partial charge in [0.2, 0.25) is 0 Å². The summed E-state index contributed by atoms with van der Waals surface area (Å²) >= 11 is 0. The van der Waals surface area contributed by atoms with Crippen molar-refractivity contribution < 1.29 is 14.7 Å². The molecule has 0 spiro atoms. The van der Waals surface area contributed by atoms with Gasteiger partial charge in [0.05, 0.1) is 0 Å². The van der Waals surface area contributed by atoms with Gasteiger partial charge in [0.25, 0.3) is 0 Å². The van der Waals surface area contributed by atoms with Gasteiger partial charge in [-0.25, -0.2) is 9.59 Å². The third kappa shape index (κ3) is 5.56. The SMILES string of the molecule is CC(C)CC1(CNC(=O)N[C@@H](C(=O)O)C(C)C)CCCC1. The molecule has 5 heteroatoms. The number of carboxylic acids is 1. The van der Waals surface area contributed by atoms with E-state index in [0.717, 1.165) is 19.3 Å². The fourth-order valence-electron chi connectivity index (χ4n) is 3.42. The van der Waals surface area contributed by atoms with Gasteiger partial charge in [0.15, 0.2) is 0 Å². The van der Waals surface area contributed by atoms with E-state index in [-0.39, 0.29) is 17.4 Å². The molecule has 1 aliphatic rings. The van der Waals surface area contributed by atoms with Crippen LogP contribution in [0.3, 0.4) is 0 Å². The van der Waals surface area contributed by atoms with E-state index in [4.69, 9.17) is 5.11 Å². The van der Waals surface area contributed by atoms with E-state index in [0.29, 0.717) is 12.5 Å². The second kappa shape index (κ2) is 7.66. The lowest BCUT2D eigenvalue weighted by atomic mass is 9.78. The van der Waals surface area contributed by atoms with Crippen LogP contribution in [0.4, 0.5) is 4.79 Å². The third-order valence-corrected chi connectivity index (χ3v) is 4.35. The lowest BCUT2D eigenvalue weighted by molar-refractivity contribution is -0.140. The van der Waals surface area contributed by atoms with Gasteiger partial charge in [0.1, 0.15) is 6.04 Å². The maximum absolute atomic E-state index is 12.0. The minimum Gasteiger partial charge on any atom is -0.480 e. The minimum atomic E-state index is -0.988. The zero-order valence-corrected chi connectivity index (χ0v) is 13.7. The van der Waals surface area contributed by atoms with Crippen molar-refractivity contribution in [3.8, 4) is 0 Å². The Bertz CT molecular complexity index is 361. The summed E-state index contributed by atoms with van der Waals surface area (Å²) in [6, 6.07) is -1.21. The topological polar surface area (TPSA) is 78.4 Å². The molecule has 0 aromatic heterocycles. The van der Waals surface area contributed by atoms with Gasteiger partial charge < -0.3 is 15.7 Å². The number of hydrogen-bond donors (Lipinski definition) is 3. The molecular formula is C16H30N2O3. The standard InChI is InChI=1S/C16H30N2O3/c1-11(2)9-16(7-5-6-8-16)10-17-15(21)18-13(12(3)4)14(19)20/h11-13H,5-10H2,1-4H3,(H,19,20)(H2,17,18,21)/t13-/m1/s1. The van der Waals surface area contributed by atoms with Gasteiger partial charge in [-0.1, -0.05) is 40.5 Å². The maximum atomic E-state index is 12.0. The summed E-state index contributed by atoms with van der Waals surface area (Å²) in [5.41, 5.74) is 0.196. The average Bonchev–Trinajstić information content (AvgIpc) is 2.80. The Kier molecular flexibility index (Phi) is 6.49. The van der Waals surface area contributed by atoms with Crippen LogP contribution in [0.5, 0.6) is 0 Å². The van der Waals surface area contributed by atoms with Crippen LogP contribution in [-0.4, -0.2) is 29.7 Å². The molecule has 0 saturated heterocycles. The first kappa shape index (κ1) is 17.8. The number of amides is 2. The molecule has 1 atom stereocenters. The van der Waals surface area contributed by atoms with Crippen molar-refractivity contribution in [3.63, 3.8) is 0 Å². The minimum absolute atomic E-state index is 0.135. The number of hydrogen-bond acceptors (Lipinski definition) is 2. The molecule has 0 unspecified atom stereocenters. The predicted molar refractivity (Wildman–Crippen MR) is 83.2 cm³/mol. The Balaban J connectivity index is 2.52. The fraction of sp³-hybridized carbons (Fsp3) is 0.875. The van der Waals surface area contributed by atoms with Crippen LogP contribution in [0.25, 0.3) is 0 Å². The van der Waals surface area contributed by atoms with Crippen molar-refractivity contribution in [2.75, 3.05) is 6.54 Å². The highest BCUT2D eigenvalue weighted by atomic mass is 16.4. The second-order valence-corrected chi connectivity index (χ2v) is 7.19. The van der Waals surface area contributed by atoms with Crippen molar-refractivity contribution in [1.82, 2.24) is 10.6 Å². The molecule has 0 aliphatic heterocycles. The van der Waals surface area contributed by atoms with Gasteiger partial charge in [-0.3, -0.25) is 0 Å². The van der Waals surface area contributed by atoms with E-state index in [1.54, 1.807) is 13.8 Å². The van der Waals surface area contributed by atoms with E-state index >= 15 is 0 Å². The molecule has 1 rings (SSSR count). The first-order valence-corrected chi connectivity index (χ1v) is 8.03. The van der Waals surface area contributed by atoms with Gasteiger partial charge in [0, 0.05) is 6.54 Å². The Hall–Kier alpha value is -1.26. The van der Waals surface area contributed by atoms with Crippen LogP contribution in [0.15, 0.2) is 0 Å². The van der Waals surface area contributed by atoms with Crippen molar-refractivity contribution in [2.24, 2.45) is 17.3 Å². The molecule has 0 aromatic rings. The highest BCUT2D eigenvalue weighted by Gasteiger charge is 2.35. The summed E-state index contributed by atoms with van der Waals surface area (Å²) in [4.78, 5) is 23.1. The monoisotopic (exact) mass is 298 g/mol. The molecule has 2 amide bonds.